The van der Waals surface area contributed by atoms with Crippen molar-refractivity contribution in [3.8, 4) is 5.75 Å². The molecule has 26 heavy (non-hydrogen) atoms. The molecule has 1 heterocycles. The van der Waals surface area contributed by atoms with Crippen LogP contribution in [0.5, 0.6) is 5.75 Å². The highest BCUT2D eigenvalue weighted by atomic mass is 32.2. The number of hydrogen-bond acceptors (Lipinski definition) is 4. The van der Waals surface area contributed by atoms with E-state index in [1.165, 1.54) is 0 Å². The molecule has 0 amide bonds. The van der Waals surface area contributed by atoms with Crippen LogP contribution in [0.4, 0.5) is 0 Å². The second-order valence-electron chi connectivity index (χ2n) is 6.88. The molecule has 1 aromatic rings. The highest BCUT2D eigenvalue weighted by Crippen LogP contribution is 2.24. The van der Waals surface area contributed by atoms with Crippen molar-refractivity contribution in [2.75, 3.05) is 32.0 Å². The minimum absolute atomic E-state index is 0.142. The van der Waals surface area contributed by atoms with E-state index in [2.05, 4.69) is 11.9 Å². The summed E-state index contributed by atoms with van der Waals surface area (Å²) in [4.78, 5) is 6.75. The molecule has 0 aromatic heterocycles. The Balaban J connectivity index is 2.19. The SMILES string of the molecule is C=CCOc1ccccc1CN=C(NCC)N1CCS(=O)(=O)C(C)(C)C1. The molecule has 0 aliphatic carbocycles. The Hall–Kier alpha value is -2.02. The Kier molecular flexibility index (Phi) is 6.69. The van der Waals surface area contributed by atoms with Crippen molar-refractivity contribution in [3.63, 3.8) is 0 Å². The van der Waals surface area contributed by atoms with Crippen LogP contribution in [0, 0.1) is 0 Å². The molecule has 2 rings (SSSR count). The van der Waals surface area contributed by atoms with E-state index in [0.29, 0.717) is 26.2 Å². The van der Waals surface area contributed by atoms with Gasteiger partial charge in [-0.2, -0.15) is 0 Å². The summed E-state index contributed by atoms with van der Waals surface area (Å²) in [5.74, 6) is 1.66. The van der Waals surface area contributed by atoms with Crippen LogP contribution in [0.25, 0.3) is 0 Å². The summed E-state index contributed by atoms with van der Waals surface area (Å²) in [5.41, 5.74) is 0.980. The summed E-state index contributed by atoms with van der Waals surface area (Å²) >= 11 is 0. The maximum atomic E-state index is 12.2. The van der Waals surface area contributed by atoms with Crippen molar-refractivity contribution in [2.45, 2.75) is 32.1 Å². The number of benzene rings is 1. The Bertz CT molecular complexity index is 757. The van der Waals surface area contributed by atoms with Gasteiger partial charge in [-0.3, -0.25) is 0 Å². The molecule has 0 radical (unpaired) electrons. The zero-order valence-electron chi connectivity index (χ0n) is 15.9. The lowest BCUT2D eigenvalue weighted by molar-refractivity contribution is 0.352. The van der Waals surface area contributed by atoms with Crippen LogP contribution in [0.3, 0.4) is 0 Å². The summed E-state index contributed by atoms with van der Waals surface area (Å²) in [6.45, 7) is 11.7. The van der Waals surface area contributed by atoms with Crippen LogP contribution in [-0.4, -0.2) is 56.0 Å². The van der Waals surface area contributed by atoms with Crippen molar-refractivity contribution in [2.24, 2.45) is 4.99 Å². The topological polar surface area (TPSA) is 71.0 Å². The molecule has 7 heteroatoms. The third kappa shape index (κ3) is 4.78. The number of hydrogen-bond donors (Lipinski definition) is 1. The van der Waals surface area contributed by atoms with Gasteiger partial charge in [-0.25, -0.2) is 13.4 Å². The largest absolute Gasteiger partial charge is 0.489 e. The summed E-state index contributed by atoms with van der Waals surface area (Å²) in [6, 6.07) is 7.78. The molecular formula is C19H29N3O3S. The molecule has 1 saturated heterocycles. The molecule has 144 valence electrons. The minimum Gasteiger partial charge on any atom is -0.489 e. The van der Waals surface area contributed by atoms with Crippen molar-refractivity contribution in [1.29, 1.82) is 0 Å². The molecule has 6 nitrogen and oxygen atoms in total. The van der Waals surface area contributed by atoms with Gasteiger partial charge >= 0.3 is 0 Å². The second kappa shape index (κ2) is 8.58. The van der Waals surface area contributed by atoms with Gasteiger partial charge in [0.2, 0.25) is 0 Å². The van der Waals surface area contributed by atoms with Gasteiger partial charge < -0.3 is 15.0 Å². The van der Waals surface area contributed by atoms with Gasteiger partial charge in [0.05, 0.1) is 17.0 Å². The van der Waals surface area contributed by atoms with Gasteiger partial charge in [0.25, 0.3) is 0 Å². The normalized spacial score (nSPS) is 19.0. The van der Waals surface area contributed by atoms with Crippen molar-refractivity contribution >= 4 is 15.8 Å². The number of rotatable bonds is 6. The number of nitrogens with one attached hydrogen (secondary N) is 1. The first-order valence-electron chi connectivity index (χ1n) is 8.88. The van der Waals surface area contributed by atoms with Gasteiger partial charge in [-0.1, -0.05) is 30.9 Å². The van der Waals surface area contributed by atoms with Crippen molar-refractivity contribution < 1.29 is 13.2 Å². The van der Waals surface area contributed by atoms with E-state index in [1.807, 2.05) is 36.1 Å². The fourth-order valence-electron chi connectivity index (χ4n) is 2.83. The predicted molar refractivity (Wildman–Crippen MR) is 106 cm³/mol. The van der Waals surface area contributed by atoms with Gasteiger partial charge in [0.1, 0.15) is 12.4 Å². The average molecular weight is 380 g/mol. The molecule has 1 aliphatic heterocycles. The molecule has 1 aliphatic rings. The first-order valence-corrected chi connectivity index (χ1v) is 10.5. The van der Waals surface area contributed by atoms with E-state index >= 15 is 0 Å². The van der Waals surface area contributed by atoms with Gasteiger partial charge in [0.15, 0.2) is 15.8 Å². The first kappa shape index (κ1) is 20.3. The lowest BCUT2D eigenvalue weighted by atomic mass is 10.2. The van der Waals surface area contributed by atoms with Crippen LogP contribution >= 0.6 is 0 Å². The lowest BCUT2D eigenvalue weighted by Crippen LogP contribution is -2.57. The number of guanidine groups is 1. The van der Waals surface area contributed by atoms with Crippen LogP contribution in [-0.2, 0) is 16.4 Å². The van der Waals surface area contributed by atoms with Gasteiger partial charge in [-0.15, -0.1) is 0 Å². The minimum atomic E-state index is -3.08. The molecule has 0 unspecified atom stereocenters. The molecule has 1 aromatic carbocycles. The van der Waals surface area contributed by atoms with E-state index in [-0.39, 0.29) is 5.75 Å². The quantitative estimate of drug-likeness (QED) is 0.466. The van der Waals surface area contributed by atoms with E-state index < -0.39 is 14.6 Å². The van der Waals surface area contributed by atoms with Crippen LogP contribution < -0.4 is 10.1 Å². The fraction of sp³-hybridized carbons (Fsp3) is 0.526. The number of nitrogens with zero attached hydrogens (tertiary/aromatic N) is 2. The monoisotopic (exact) mass is 379 g/mol. The highest BCUT2D eigenvalue weighted by molar-refractivity contribution is 7.92. The van der Waals surface area contributed by atoms with Crippen molar-refractivity contribution in [1.82, 2.24) is 10.2 Å². The maximum Gasteiger partial charge on any atom is 0.194 e. The Morgan fingerprint density at radius 1 is 1.42 bits per heavy atom. The third-order valence-corrected chi connectivity index (χ3v) is 6.94. The van der Waals surface area contributed by atoms with E-state index in [1.54, 1.807) is 19.9 Å². The Morgan fingerprint density at radius 2 is 2.15 bits per heavy atom. The first-order chi connectivity index (χ1) is 12.3. The number of sulfone groups is 1. The molecule has 0 bridgehead atoms. The molecular weight excluding hydrogens is 350 g/mol. The Morgan fingerprint density at radius 3 is 2.81 bits per heavy atom. The van der Waals surface area contributed by atoms with Crippen LogP contribution in [0.2, 0.25) is 0 Å². The zero-order valence-corrected chi connectivity index (χ0v) is 16.7. The van der Waals surface area contributed by atoms with Crippen molar-refractivity contribution in [3.05, 3.63) is 42.5 Å². The smallest absolute Gasteiger partial charge is 0.194 e. The fourth-order valence-corrected chi connectivity index (χ4v) is 4.20. The van der Waals surface area contributed by atoms with E-state index in [4.69, 9.17) is 9.73 Å². The predicted octanol–water partition coefficient (Wildman–Crippen LogP) is 2.23. The maximum absolute atomic E-state index is 12.2. The van der Waals surface area contributed by atoms with E-state index in [9.17, 15) is 8.42 Å². The third-order valence-electron chi connectivity index (χ3n) is 4.41. The van der Waals surface area contributed by atoms with Gasteiger partial charge in [-0.05, 0) is 26.8 Å². The summed E-state index contributed by atoms with van der Waals surface area (Å²) in [5, 5.41) is 3.27. The zero-order chi connectivity index (χ0) is 19.2. The molecule has 0 atom stereocenters. The second-order valence-corrected chi connectivity index (χ2v) is 9.62. The standard InChI is InChI=1S/C19H29N3O3S/c1-5-12-25-17-10-8-7-9-16(17)14-21-18(20-6-2)22-11-13-26(23,24)19(3,4)15-22/h5,7-10H,1,6,11-15H2,2-4H3,(H,20,21). The lowest BCUT2D eigenvalue weighted by Gasteiger charge is -2.39. The van der Waals surface area contributed by atoms with E-state index in [0.717, 1.165) is 23.8 Å². The summed E-state index contributed by atoms with van der Waals surface area (Å²) in [7, 11) is -3.08. The number of ether oxygens (including phenoxy) is 1. The Labute approximate surface area is 156 Å². The van der Waals surface area contributed by atoms with Crippen LogP contribution in [0.1, 0.15) is 26.3 Å². The van der Waals surface area contributed by atoms with Crippen LogP contribution in [0.15, 0.2) is 41.9 Å². The summed E-state index contributed by atoms with van der Waals surface area (Å²) < 4.78 is 29.4. The molecule has 1 fully saturated rings. The average Bonchev–Trinajstić information content (AvgIpc) is 2.60. The highest BCUT2D eigenvalue weighted by Gasteiger charge is 2.40. The molecule has 0 saturated carbocycles. The van der Waals surface area contributed by atoms with Gasteiger partial charge in [0, 0.05) is 25.2 Å². The summed E-state index contributed by atoms with van der Waals surface area (Å²) in [6.07, 6.45) is 1.71. The molecule has 1 N–H and O–H groups in total. The molecule has 0 spiro atoms. The number of aliphatic imine (C=N–C) groups is 1. The number of para-hydroxylation sites is 1.